The van der Waals surface area contributed by atoms with Crippen molar-refractivity contribution < 1.29 is 99.8 Å². The fraction of sp³-hybridized carbons (Fsp3) is 0.544. The van der Waals surface area contributed by atoms with Gasteiger partial charge in [0.05, 0.1) is 22.3 Å². The first-order valence-electron chi connectivity index (χ1n) is 31.9. The predicted molar refractivity (Wildman–Crippen MR) is 412 cm³/mol. The summed E-state index contributed by atoms with van der Waals surface area (Å²) in [7, 11) is -0.964. The fourth-order valence-corrected chi connectivity index (χ4v) is 17.4. The van der Waals surface area contributed by atoms with Crippen LogP contribution in [0.4, 0.5) is 65.9 Å². The van der Waals surface area contributed by atoms with Crippen molar-refractivity contribution in [3.05, 3.63) is 162 Å². The summed E-state index contributed by atoms with van der Waals surface area (Å²) in [5.74, 6) is -1.20. The van der Waals surface area contributed by atoms with Crippen molar-refractivity contribution in [2.45, 2.75) is 219 Å². The Hall–Kier alpha value is 2.00. The summed E-state index contributed by atoms with van der Waals surface area (Å²) in [5, 5.41) is -1.53. The topological polar surface area (TPSA) is 0 Å². The number of rotatable bonds is 31. The van der Waals surface area contributed by atoms with Gasteiger partial charge < -0.3 is 40.9 Å². The van der Waals surface area contributed by atoms with Gasteiger partial charge in [0.2, 0.25) is 0 Å². The molecule has 0 N–H and O–H groups in total. The van der Waals surface area contributed by atoms with Crippen molar-refractivity contribution in [3.8, 4) is 0 Å². The van der Waals surface area contributed by atoms with E-state index in [2.05, 4.69) is 52.9 Å². The molecule has 0 aliphatic rings. The second kappa shape index (κ2) is 65.7. The molecule has 0 spiro atoms. The Kier molecular flexibility index (Phi) is 74.2. The van der Waals surface area contributed by atoms with Crippen molar-refractivity contribution in [1.29, 1.82) is 0 Å². The second-order valence-corrected chi connectivity index (χ2v) is 41.5. The first kappa shape index (κ1) is 113. The van der Waals surface area contributed by atoms with E-state index in [1.807, 2.05) is 0 Å². The minimum atomic E-state index is -4.39. The average Bonchev–Trinajstić information content (AvgIpc) is 0.787. The summed E-state index contributed by atoms with van der Waals surface area (Å²) in [6.07, 6.45) is 10.5. The van der Waals surface area contributed by atoms with Crippen LogP contribution in [0.2, 0.25) is 0 Å². The molecule has 2 unspecified atom stereocenters. The van der Waals surface area contributed by atoms with Gasteiger partial charge in [-0.25, -0.2) is 0 Å². The van der Waals surface area contributed by atoms with Crippen LogP contribution in [-0.2, 0) is 42.7 Å². The first-order chi connectivity index (χ1) is 45.0. The molecule has 0 aliphatic heterocycles. The van der Waals surface area contributed by atoms with Crippen LogP contribution in [0.15, 0.2) is 121 Å². The zero-order valence-electron chi connectivity index (χ0n) is 56.8. The quantitative estimate of drug-likeness (QED) is 0.0115. The van der Waals surface area contributed by atoms with Gasteiger partial charge in [-0.05, 0) is 67.3 Å². The van der Waals surface area contributed by atoms with Crippen LogP contribution in [0.5, 0.6) is 0 Å². The van der Waals surface area contributed by atoms with Crippen LogP contribution in [0.25, 0.3) is 0 Å². The Morgan fingerprint density at radius 2 is 0.770 bits per heavy atom. The Labute approximate surface area is 685 Å². The number of halogens is 23. The van der Waals surface area contributed by atoms with Gasteiger partial charge >= 0.3 is 77.0 Å². The molecule has 0 amide bonds. The molecule has 5 aromatic carbocycles. The van der Waals surface area contributed by atoms with Gasteiger partial charge in [-0.1, -0.05) is 329 Å². The van der Waals surface area contributed by atoms with Crippen molar-refractivity contribution in [3.63, 3.8) is 0 Å². The van der Waals surface area contributed by atoms with Crippen LogP contribution >= 0.6 is 113 Å². The molecule has 566 valence electrons. The van der Waals surface area contributed by atoms with Crippen molar-refractivity contribution in [2.24, 2.45) is 0 Å². The summed E-state index contributed by atoms with van der Waals surface area (Å²) in [6, 6.07) is 29.4. The van der Waals surface area contributed by atoms with E-state index >= 15 is 0 Å². The molecule has 0 bridgehead atoms. The average molecular weight is 1830 g/mol. The summed E-state index contributed by atoms with van der Waals surface area (Å²) in [5.41, 5.74) is -3.14. The number of unbranched alkanes of at least 4 members (excludes halogenated alkanes) is 21. The van der Waals surface area contributed by atoms with Gasteiger partial charge in [-0.2, -0.15) is 103 Å². The molecule has 100 heavy (non-hydrogen) atoms. The Morgan fingerprint density at radius 3 is 1.15 bits per heavy atom. The normalized spacial score (nSPS) is 12.2. The summed E-state index contributed by atoms with van der Waals surface area (Å²) < 4.78 is 188. The Balaban J connectivity index is -0.000000266. The largest absolute Gasteiger partial charge is 2.00 e. The van der Waals surface area contributed by atoms with Crippen LogP contribution in [0.1, 0.15) is 216 Å². The van der Waals surface area contributed by atoms with Gasteiger partial charge in [0.25, 0.3) is 0 Å². The molecular formula is C68H92Br2Cl6F15Mg2P5S2. The zero-order chi connectivity index (χ0) is 73.3. The van der Waals surface area contributed by atoms with E-state index in [0.29, 0.717) is 17.6 Å². The molecule has 0 aliphatic carbocycles. The number of hydrogen-bond donors (Lipinski definition) is 1. The maximum Gasteiger partial charge on any atom is 2.00 e. The van der Waals surface area contributed by atoms with Gasteiger partial charge in [0, 0.05) is 28.4 Å². The fourth-order valence-electron chi connectivity index (χ4n) is 8.72. The SMILES string of the molecule is CCCCCCCCP(=S)(S)c1ccccc1C(F)(F)F.CCCCCCCCPc1ccccc1C(F)(F)F.CCCCCCCC[P@@](Cl)c1ccccc1C(F)(F)F.ClP(Cl)Cl.FC(F)(F)c1[c-]cccc1.FC(F)(F)c1ccccc1P(Cl)Cl.[Br-].[Br-].[CH2-]CCCCCCCC.[Mg+2].[Mg+2]. The molecule has 32 heteroatoms. The number of thiol groups is 1. The van der Waals surface area contributed by atoms with Crippen LogP contribution < -0.4 is 55.2 Å². The third-order valence-electron chi connectivity index (χ3n) is 13.7. The summed E-state index contributed by atoms with van der Waals surface area (Å²) in [6.45, 7) is 10.8. The minimum absolute atomic E-state index is 0. The predicted octanol–water partition coefficient (Wildman–Crippen LogP) is 24.1. The van der Waals surface area contributed by atoms with E-state index in [9.17, 15) is 65.9 Å². The van der Waals surface area contributed by atoms with E-state index in [0.717, 1.165) is 88.2 Å². The van der Waals surface area contributed by atoms with Crippen molar-refractivity contribution >= 4 is 193 Å². The summed E-state index contributed by atoms with van der Waals surface area (Å²) >= 11 is 41.6. The zero-order valence-corrected chi connectivity index (χ0v) is 73.6. The van der Waals surface area contributed by atoms with E-state index in [-0.39, 0.29) is 105 Å². The molecule has 0 fully saturated rings. The molecule has 5 aromatic rings. The maximum atomic E-state index is 13.0. The molecule has 0 heterocycles. The molecule has 0 nitrogen and oxygen atoms in total. The van der Waals surface area contributed by atoms with Crippen molar-refractivity contribution in [2.75, 3.05) is 18.5 Å². The molecule has 0 radical (unpaired) electrons. The van der Waals surface area contributed by atoms with Gasteiger partial charge in [0.1, 0.15) is 6.63 Å². The number of alkyl halides is 15. The molecular weight excluding hydrogens is 1740 g/mol. The summed E-state index contributed by atoms with van der Waals surface area (Å²) in [4.78, 5) is 0. The van der Waals surface area contributed by atoms with E-state index in [4.69, 9.17) is 79.3 Å². The molecule has 3 atom stereocenters. The smallest absolute Gasteiger partial charge is 1.00 e. The van der Waals surface area contributed by atoms with Crippen LogP contribution in [0.3, 0.4) is 0 Å². The van der Waals surface area contributed by atoms with Gasteiger partial charge in [0.15, 0.2) is 5.98 Å². The van der Waals surface area contributed by atoms with E-state index in [1.54, 1.807) is 24.3 Å². The Bertz CT molecular complexity index is 2760. The second-order valence-electron chi connectivity index (χ2n) is 21.6. The van der Waals surface area contributed by atoms with Gasteiger partial charge in [-0.3, -0.25) is 0 Å². The Morgan fingerprint density at radius 1 is 0.430 bits per heavy atom. The first-order valence-corrected chi connectivity index (χ1v) is 46.8. The third kappa shape index (κ3) is 58.0. The minimum Gasteiger partial charge on any atom is -1.00 e. The van der Waals surface area contributed by atoms with E-state index in [1.165, 1.54) is 176 Å². The van der Waals surface area contributed by atoms with Crippen LogP contribution in [0, 0.1) is 13.0 Å². The molecule has 0 aromatic heterocycles. The standard InChI is InChI=1S/C15H21ClF3P.C15H22F3PS2.C15H22F3P.C9H19.C7H4Cl2F3P.C7H4F3.2BrH.Cl3P.2Mg/c1-2-3-4-5-6-9-12-20(16)14-11-8-7-10-13(14)15(17,18)19;1-2-3-4-5-6-9-12-19(20,21)14-11-8-7-10-13(14)15(16,17)18;1-2-3-4-5-6-9-12-19-14-11-8-7-10-13(14)15(16,17)18;1-3-5-7-9-8-6-4-2;8-13(9)6-4-2-1-3-5(6)7(10,11)12;8-7(9,10)6-4-2-1-3-5-6;;;1-4(2)3;;/h7-8,10-11H,2-6,9,12H2,1H3;7-8,10-11H,2-6,9,12H2,1H3,(H,20,21);7-8,10-11,19H,2-6,9,12H2,1H3;1,3-9H2,2H3;1-4H;1-4H;2*1H;;;/q;;;-1;;-1;;;;2*+2/p-2/t20-;;;;;;;;;;/m1........../s1. The monoisotopic (exact) mass is 1830 g/mol. The van der Waals surface area contributed by atoms with Crippen LogP contribution in [-0.4, -0.2) is 64.6 Å². The molecule has 5 rings (SSSR count). The molecule has 0 saturated heterocycles. The maximum absolute atomic E-state index is 13.0. The number of benzene rings is 5. The van der Waals surface area contributed by atoms with E-state index < -0.39 is 83.8 Å². The number of hydrogen-bond acceptors (Lipinski definition) is 1. The van der Waals surface area contributed by atoms with Gasteiger partial charge in [-0.15, -0.1) is 12.2 Å². The van der Waals surface area contributed by atoms with Crippen molar-refractivity contribution in [1.82, 2.24) is 0 Å². The molecule has 0 saturated carbocycles. The third-order valence-corrected chi connectivity index (χ3v) is 24.1.